The minimum Gasteiger partial charge on any atom is -0.491 e. The molecule has 0 saturated heterocycles. The molecule has 5 heteroatoms. The number of ether oxygens (including phenoxy) is 1. The Bertz CT molecular complexity index is 370. The fourth-order valence-corrected chi connectivity index (χ4v) is 3.35. The summed E-state index contributed by atoms with van der Waals surface area (Å²) in [6.07, 6.45) is 3.68. The third-order valence-electron chi connectivity index (χ3n) is 2.13. The summed E-state index contributed by atoms with van der Waals surface area (Å²) in [5, 5.41) is 9.00. The zero-order valence-electron chi connectivity index (χ0n) is 7.70. The quantitative estimate of drug-likeness (QED) is 0.793. The van der Waals surface area contributed by atoms with Gasteiger partial charge in [0.1, 0.15) is 14.8 Å². The summed E-state index contributed by atoms with van der Waals surface area (Å²) in [6, 6.07) is 0. The monoisotopic (exact) mass is 230 g/mol. The number of fused-ring (bicyclic) bond motifs is 1. The summed E-state index contributed by atoms with van der Waals surface area (Å²) >= 11 is 2.87. The van der Waals surface area contributed by atoms with E-state index in [4.69, 9.17) is 9.84 Å². The van der Waals surface area contributed by atoms with Gasteiger partial charge in [-0.3, -0.25) is 0 Å². The van der Waals surface area contributed by atoms with E-state index in [2.05, 4.69) is 0 Å². The molecule has 1 aromatic rings. The van der Waals surface area contributed by atoms with Crippen molar-refractivity contribution in [2.75, 3.05) is 12.9 Å². The summed E-state index contributed by atoms with van der Waals surface area (Å²) in [7, 11) is 0. The molecule has 0 amide bonds. The van der Waals surface area contributed by atoms with E-state index in [9.17, 15) is 4.79 Å². The molecule has 0 unspecified atom stereocenters. The van der Waals surface area contributed by atoms with E-state index >= 15 is 0 Å². The van der Waals surface area contributed by atoms with Gasteiger partial charge in [0.25, 0.3) is 0 Å². The Morgan fingerprint density at radius 3 is 3.07 bits per heavy atom. The van der Waals surface area contributed by atoms with E-state index in [1.54, 1.807) is 11.8 Å². The third kappa shape index (κ3) is 1.50. The normalized spacial score (nSPS) is 14.6. The molecule has 1 aromatic heterocycles. The molecular weight excluding hydrogens is 220 g/mol. The van der Waals surface area contributed by atoms with Gasteiger partial charge in [-0.1, -0.05) is 0 Å². The van der Waals surface area contributed by atoms with Crippen molar-refractivity contribution in [3.63, 3.8) is 0 Å². The van der Waals surface area contributed by atoms with Crippen molar-refractivity contribution in [3.05, 3.63) is 10.4 Å². The number of carboxylic acids is 1. The first kappa shape index (κ1) is 9.86. The Hall–Kier alpha value is -0.680. The Balaban J connectivity index is 2.52. The topological polar surface area (TPSA) is 46.5 Å². The van der Waals surface area contributed by atoms with E-state index in [0.717, 1.165) is 28.4 Å². The van der Waals surface area contributed by atoms with Crippen molar-refractivity contribution < 1.29 is 14.6 Å². The SMILES string of the molecule is CSc1sc(C(=O)O)c2c1OCCC2. The molecule has 0 fully saturated rings. The molecule has 0 radical (unpaired) electrons. The number of carbonyl (C=O) groups is 1. The molecule has 3 nitrogen and oxygen atoms in total. The Morgan fingerprint density at radius 2 is 2.43 bits per heavy atom. The average molecular weight is 230 g/mol. The van der Waals surface area contributed by atoms with E-state index < -0.39 is 5.97 Å². The van der Waals surface area contributed by atoms with Crippen molar-refractivity contribution >= 4 is 29.1 Å². The van der Waals surface area contributed by atoms with Gasteiger partial charge in [0.05, 0.1) is 6.61 Å². The summed E-state index contributed by atoms with van der Waals surface area (Å²) in [4.78, 5) is 11.4. The van der Waals surface area contributed by atoms with Crippen LogP contribution in [0.2, 0.25) is 0 Å². The van der Waals surface area contributed by atoms with Crippen molar-refractivity contribution in [1.82, 2.24) is 0 Å². The third-order valence-corrected chi connectivity index (χ3v) is 4.43. The molecule has 14 heavy (non-hydrogen) atoms. The predicted molar refractivity (Wildman–Crippen MR) is 56.9 cm³/mol. The average Bonchev–Trinajstić information content (AvgIpc) is 2.56. The van der Waals surface area contributed by atoms with E-state index in [-0.39, 0.29) is 0 Å². The lowest BCUT2D eigenvalue weighted by atomic mass is 10.1. The lowest BCUT2D eigenvalue weighted by Crippen LogP contribution is -2.09. The van der Waals surface area contributed by atoms with Crippen molar-refractivity contribution in [1.29, 1.82) is 0 Å². The van der Waals surface area contributed by atoms with Gasteiger partial charge in [-0.2, -0.15) is 0 Å². The number of thiophene rings is 1. The molecule has 0 spiro atoms. The molecule has 0 aromatic carbocycles. The second-order valence-corrected chi connectivity index (χ2v) is 5.08. The van der Waals surface area contributed by atoms with Crippen LogP contribution in [0.5, 0.6) is 5.75 Å². The van der Waals surface area contributed by atoms with Crippen molar-refractivity contribution in [2.45, 2.75) is 17.1 Å². The maximum absolute atomic E-state index is 10.9. The molecule has 0 saturated carbocycles. The zero-order valence-corrected chi connectivity index (χ0v) is 9.33. The van der Waals surface area contributed by atoms with Crippen LogP contribution in [0.1, 0.15) is 21.7 Å². The van der Waals surface area contributed by atoms with Gasteiger partial charge in [0.15, 0.2) is 0 Å². The van der Waals surface area contributed by atoms with Crippen LogP contribution in [0.3, 0.4) is 0 Å². The van der Waals surface area contributed by atoms with Crippen LogP contribution >= 0.6 is 23.1 Å². The maximum atomic E-state index is 10.9. The molecule has 1 aliphatic heterocycles. The van der Waals surface area contributed by atoms with Crippen LogP contribution < -0.4 is 4.74 Å². The van der Waals surface area contributed by atoms with Crippen LogP contribution in [0.25, 0.3) is 0 Å². The summed E-state index contributed by atoms with van der Waals surface area (Å²) in [5.74, 6) is -0.0248. The molecule has 1 N–H and O–H groups in total. The number of thioether (sulfide) groups is 1. The second kappa shape index (κ2) is 3.82. The highest BCUT2D eigenvalue weighted by atomic mass is 32.2. The highest BCUT2D eigenvalue weighted by Crippen LogP contribution is 2.43. The molecule has 0 bridgehead atoms. The predicted octanol–water partition coefficient (Wildman–Crippen LogP) is 2.49. The molecule has 76 valence electrons. The minimum atomic E-state index is -0.836. The van der Waals surface area contributed by atoms with Gasteiger partial charge in [-0.15, -0.1) is 23.1 Å². The van der Waals surface area contributed by atoms with Crippen LogP contribution in [-0.2, 0) is 6.42 Å². The highest BCUT2D eigenvalue weighted by molar-refractivity contribution is 8.00. The molecular formula is C9H10O3S2. The van der Waals surface area contributed by atoms with Crippen LogP contribution in [-0.4, -0.2) is 23.9 Å². The van der Waals surface area contributed by atoms with E-state index in [1.165, 1.54) is 11.3 Å². The first-order valence-corrected chi connectivity index (χ1v) is 6.34. The summed E-state index contributed by atoms with van der Waals surface area (Å²) in [6.45, 7) is 0.705. The van der Waals surface area contributed by atoms with E-state index in [0.29, 0.717) is 11.5 Å². The molecule has 0 aliphatic carbocycles. The van der Waals surface area contributed by atoms with Crippen LogP contribution in [0, 0.1) is 0 Å². The largest absolute Gasteiger partial charge is 0.491 e. The van der Waals surface area contributed by atoms with Gasteiger partial charge in [-0.05, 0) is 19.1 Å². The number of hydrogen-bond donors (Lipinski definition) is 1. The Morgan fingerprint density at radius 1 is 1.64 bits per heavy atom. The zero-order chi connectivity index (χ0) is 10.1. The minimum absolute atomic E-state index is 0.448. The Kier molecular flexibility index (Phi) is 2.69. The van der Waals surface area contributed by atoms with E-state index in [1.807, 2.05) is 6.26 Å². The number of rotatable bonds is 2. The number of hydrogen-bond acceptors (Lipinski definition) is 4. The van der Waals surface area contributed by atoms with Gasteiger partial charge >= 0.3 is 5.97 Å². The van der Waals surface area contributed by atoms with Gasteiger partial charge in [0.2, 0.25) is 0 Å². The van der Waals surface area contributed by atoms with Gasteiger partial charge in [-0.25, -0.2) is 4.79 Å². The second-order valence-electron chi connectivity index (χ2n) is 2.99. The standard InChI is InChI=1S/C9H10O3S2/c1-13-9-6-5(3-2-4-12-6)7(14-9)8(10)11/h2-4H2,1H3,(H,10,11). The molecule has 2 heterocycles. The fourth-order valence-electron chi connectivity index (χ4n) is 1.53. The lowest BCUT2D eigenvalue weighted by Gasteiger charge is -2.14. The first-order chi connectivity index (χ1) is 6.74. The summed E-state index contributed by atoms with van der Waals surface area (Å²) < 4.78 is 6.49. The van der Waals surface area contributed by atoms with Crippen molar-refractivity contribution in [3.8, 4) is 5.75 Å². The summed E-state index contributed by atoms with van der Waals surface area (Å²) in [5.41, 5.74) is 0.887. The maximum Gasteiger partial charge on any atom is 0.346 e. The molecule has 2 rings (SSSR count). The number of aromatic carboxylic acids is 1. The lowest BCUT2D eigenvalue weighted by molar-refractivity contribution is 0.0700. The number of carboxylic acid groups (broad SMARTS) is 1. The van der Waals surface area contributed by atoms with Gasteiger partial charge in [0, 0.05) is 5.56 Å². The highest BCUT2D eigenvalue weighted by Gasteiger charge is 2.25. The molecule has 1 aliphatic rings. The Labute approximate surface area is 90.1 Å². The molecule has 0 atom stereocenters. The van der Waals surface area contributed by atoms with Crippen LogP contribution in [0.15, 0.2) is 4.21 Å². The van der Waals surface area contributed by atoms with Gasteiger partial charge < -0.3 is 9.84 Å². The van der Waals surface area contributed by atoms with Crippen LogP contribution in [0.4, 0.5) is 0 Å². The fraction of sp³-hybridized carbons (Fsp3) is 0.444. The smallest absolute Gasteiger partial charge is 0.346 e. The first-order valence-electron chi connectivity index (χ1n) is 4.29. The van der Waals surface area contributed by atoms with Crippen molar-refractivity contribution in [2.24, 2.45) is 0 Å².